The van der Waals surface area contributed by atoms with Crippen LogP contribution in [0, 0.1) is 0 Å². The van der Waals surface area contributed by atoms with Crippen LogP contribution in [0.25, 0.3) is 0 Å². The van der Waals surface area contributed by atoms with E-state index >= 15 is 0 Å². The van der Waals surface area contributed by atoms with Gasteiger partial charge < -0.3 is 10.4 Å². The van der Waals surface area contributed by atoms with Gasteiger partial charge in [-0.3, -0.25) is 0 Å². The summed E-state index contributed by atoms with van der Waals surface area (Å²) >= 11 is 0. The van der Waals surface area contributed by atoms with Gasteiger partial charge in [-0.1, -0.05) is 30.3 Å². The molecule has 0 saturated heterocycles. The lowest BCUT2D eigenvalue weighted by atomic mass is 10.1. The van der Waals surface area contributed by atoms with Gasteiger partial charge in [-0.05, 0) is 12.6 Å². The third-order valence-electron chi connectivity index (χ3n) is 1.73. The molecule has 68 valence electrons. The van der Waals surface area contributed by atoms with Gasteiger partial charge in [-0.2, -0.15) is 0 Å². The van der Waals surface area contributed by atoms with Crippen LogP contribution in [0.2, 0.25) is 0 Å². The fourth-order valence-electron chi connectivity index (χ4n) is 1.05. The van der Waals surface area contributed by atoms with Crippen molar-refractivity contribution in [1.29, 1.82) is 0 Å². The zero-order chi connectivity index (χ0) is 8.10. The highest BCUT2D eigenvalue weighted by molar-refractivity contribution is 5.85. The van der Waals surface area contributed by atoms with E-state index in [0.717, 1.165) is 5.56 Å². The van der Waals surface area contributed by atoms with Crippen molar-refractivity contribution in [3.63, 3.8) is 0 Å². The summed E-state index contributed by atoms with van der Waals surface area (Å²) in [7, 11) is 1.84. The molecule has 3 heteroatoms. The van der Waals surface area contributed by atoms with Crippen LogP contribution in [0.3, 0.4) is 0 Å². The molecule has 1 rings (SSSR count). The van der Waals surface area contributed by atoms with Gasteiger partial charge in [0.1, 0.15) is 0 Å². The number of aliphatic hydroxyl groups is 1. The number of hydrogen-bond acceptors (Lipinski definition) is 2. The number of likely N-dealkylation sites (N-methyl/N-ethyl adjacent to an activating group) is 1. The maximum Gasteiger partial charge on any atom is 0.0626 e. The zero-order valence-electron chi connectivity index (χ0n) is 7.03. The molecule has 1 unspecified atom stereocenters. The molecule has 2 nitrogen and oxygen atoms in total. The first-order valence-electron chi connectivity index (χ1n) is 3.71. The maximum atomic E-state index is 8.92. The second-order valence-corrected chi connectivity index (χ2v) is 2.43. The minimum atomic E-state index is 0. The molecule has 1 aromatic rings. The van der Waals surface area contributed by atoms with Gasteiger partial charge in [-0.25, -0.2) is 0 Å². The highest BCUT2D eigenvalue weighted by atomic mass is 35.5. The Hall–Kier alpha value is -0.570. The van der Waals surface area contributed by atoms with Crippen molar-refractivity contribution in [3.8, 4) is 0 Å². The van der Waals surface area contributed by atoms with E-state index in [1.807, 2.05) is 37.4 Å². The first-order valence-corrected chi connectivity index (χ1v) is 3.71. The summed E-state index contributed by atoms with van der Waals surface area (Å²) in [4.78, 5) is 0. The van der Waals surface area contributed by atoms with Crippen LogP contribution < -0.4 is 5.32 Å². The van der Waals surface area contributed by atoms with Crippen molar-refractivity contribution >= 4 is 12.4 Å². The zero-order valence-corrected chi connectivity index (χ0v) is 7.84. The molecule has 2 N–H and O–H groups in total. The van der Waals surface area contributed by atoms with E-state index in [-0.39, 0.29) is 25.1 Å². The van der Waals surface area contributed by atoms with E-state index in [0.29, 0.717) is 0 Å². The Labute approximate surface area is 79.0 Å². The number of rotatable bonds is 3. The molecule has 12 heavy (non-hydrogen) atoms. The number of hydrogen-bond donors (Lipinski definition) is 2. The lowest BCUT2D eigenvalue weighted by Gasteiger charge is -2.12. The first kappa shape index (κ1) is 11.4. The van der Waals surface area contributed by atoms with Gasteiger partial charge in [0.2, 0.25) is 0 Å². The van der Waals surface area contributed by atoms with Crippen molar-refractivity contribution in [2.24, 2.45) is 0 Å². The molecule has 0 saturated carbocycles. The van der Waals surface area contributed by atoms with E-state index < -0.39 is 0 Å². The molecule has 0 aromatic heterocycles. The summed E-state index contributed by atoms with van der Waals surface area (Å²) in [5.41, 5.74) is 1.12. The average Bonchev–Trinajstić information content (AvgIpc) is 2.09. The van der Waals surface area contributed by atoms with Crippen LogP contribution in [0.4, 0.5) is 0 Å². The van der Waals surface area contributed by atoms with Crippen LogP contribution in [0.1, 0.15) is 11.6 Å². The Morgan fingerprint density at radius 3 is 2.33 bits per heavy atom. The number of halogens is 1. The Balaban J connectivity index is 0.00000121. The van der Waals surface area contributed by atoms with Crippen LogP contribution in [-0.2, 0) is 0 Å². The van der Waals surface area contributed by atoms with Gasteiger partial charge in [0.25, 0.3) is 0 Å². The van der Waals surface area contributed by atoms with E-state index in [2.05, 4.69) is 5.32 Å². The highest BCUT2D eigenvalue weighted by Crippen LogP contribution is 2.09. The molecule has 0 bridgehead atoms. The monoisotopic (exact) mass is 187 g/mol. The normalized spacial score (nSPS) is 11.8. The highest BCUT2D eigenvalue weighted by Gasteiger charge is 2.04. The van der Waals surface area contributed by atoms with Gasteiger partial charge in [0.15, 0.2) is 0 Å². The van der Waals surface area contributed by atoms with Gasteiger partial charge in [0, 0.05) is 0 Å². The van der Waals surface area contributed by atoms with Gasteiger partial charge in [0.05, 0.1) is 12.6 Å². The Bertz CT molecular complexity index is 199. The second kappa shape index (κ2) is 6.00. The Morgan fingerprint density at radius 2 is 1.92 bits per heavy atom. The predicted molar refractivity (Wildman–Crippen MR) is 52.6 cm³/mol. The molecule has 0 radical (unpaired) electrons. The largest absolute Gasteiger partial charge is 0.394 e. The first-order chi connectivity index (χ1) is 5.38. The third-order valence-corrected chi connectivity index (χ3v) is 1.73. The SMILES string of the molecule is CNC(CO)c1ccccc1.Cl. The van der Waals surface area contributed by atoms with Crippen molar-refractivity contribution in [2.75, 3.05) is 13.7 Å². The van der Waals surface area contributed by atoms with E-state index in [9.17, 15) is 0 Å². The molecule has 0 aliphatic carbocycles. The molecule has 0 spiro atoms. The summed E-state index contributed by atoms with van der Waals surface area (Å²) in [6.07, 6.45) is 0. The molecule has 0 amide bonds. The van der Waals surface area contributed by atoms with E-state index in [1.54, 1.807) is 0 Å². The number of aliphatic hydroxyl groups excluding tert-OH is 1. The smallest absolute Gasteiger partial charge is 0.0626 e. The topological polar surface area (TPSA) is 32.3 Å². The van der Waals surface area contributed by atoms with Gasteiger partial charge in [-0.15, -0.1) is 12.4 Å². The molecule has 0 fully saturated rings. The van der Waals surface area contributed by atoms with Crippen LogP contribution >= 0.6 is 12.4 Å². The number of nitrogens with one attached hydrogen (secondary N) is 1. The molecule has 0 heterocycles. The van der Waals surface area contributed by atoms with Crippen LogP contribution in [0.15, 0.2) is 30.3 Å². The van der Waals surface area contributed by atoms with Crippen LogP contribution in [0.5, 0.6) is 0 Å². The Kier molecular flexibility index (Phi) is 5.72. The van der Waals surface area contributed by atoms with Crippen molar-refractivity contribution in [3.05, 3.63) is 35.9 Å². The lowest BCUT2D eigenvalue weighted by molar-refractivity contribution is 0.251. The summed E-state index contributed by atoms with van der Waals surface area (Å²) in [5.74, 6) is 0. The summed E-state index contributed by atoms with van der Waals surface area (Å²) in [5, 5.41) is 11.9. The fourth-order valence-corrected chi connectivity index (χ4v) is 1.05. The molecule has 0 aliphatic rings. The summed E-state index contributed by atoms with van der Waals surface area (Å²) in [6.45, 7) is 0.139. The average molecular weight is 188 g/mol. The van der Waals surface area contributed by atoms with Crippen LogP contribution in [-0.4, -0.2) is 18.8 Å². The summed E-state index contributed by atoms with van der Waals surface area (Å²) in [6, 6.07) is 9.96. The van der Waals surface area contributed by atoms with Crippen molar-refractivity contribution in [1.82, 2.24) is 5.32 Å². The van der Waals surface area contributed by atoms with E-state index in [4.69, 9.17) is 5.11 Å². The summed E-state index contributed by atoms with van der Waals surface area (Å²) < 4.78 is 0. The third kappa shape index (κ3) is 2.81. The minimum Gasteiger partial charge on any atom is -0.394 e. The predicted octanol–water partition coefficient (Wildman–Crippen LogP) is 1.36. The molecule has 0 aliphatic heterocycles. The van der Waals surface area contributed by atoms with Crippen molar-refractivity contribution in [2.45, 2.75) is 6.04 Å². The fraction of sp³-hybridized carbons (Fsp3) is 0.333. The van der Waals surface area contributed by atoms with E-state index in [1.165, 1.54) is 0 Å². The quantitative estimate of drug-likeness (QED) is 0.749. The maximum absolute atomic E-state index is 8.92. The standard InChI is InChI=1S/C9H13NO.ClH/c1-10-9(7-11)8-5-3-2-4-6-8;/h2-6,9-11H,7H2,1H3;1H. The molecule has 1 aromatic carbocycles. The van der Waals surface area contributed by atoms with Gasteiger partial charge >= 0.3 is 0 Å². The molecule has 1 atom stereocenters. The molecular weight excluding hydrogens is 174 g/mol. The number of benzene rings is 1. The van der Waals surface area contributed by atoms with Crippen molar-refractivity contribution < 1.29 is 5.11 Å². The minimum absolute atomic E-state index is 0. The lowest BCUT2D eigenvalue weighted by Crippen LogP contribution is -2.19. The Morgan fingerprint density at radius 1 is 1.33 bits per heavy atom. The molecular formula is C9H14ClNO. The second-order valence-electron chi connectivity index (χ2n) is 2.43.